The van der Waals surface area contributed by atoms with Gasteiger partial charge in [0.05, 0.1) is 6.04 Å². The highest BCUT2D eigenvalue weighted by molar-refractivity contribution is 5.81. The molecule has 2 rings (SSSR count). The Kier molecular flexibility index (Phi) is 7.06. The van der Waals surface area contributed by atoms with Gasteiger partial charge in [-0.1, -0.05) is 51.0 Å². The normalized spacial score (nSPS) is 17.7. The van der Waals surface area contributed by atoms with Crippen LogP contribution in [0.2, 0.25) is 0 Å². The maximum absolute atomic E-state index is 12.0. The first-order valence-electron chi connectivity index (χ1n) is 8.89. The Balaban J connectivity index is 1.87. The van der Waals surface area contributed by atoms with Crippen molar-refractivity contribution in [2.75, 3.05) is 13.1 Å². The molecule has 4 heteroatoms. The first kappa shape index (κ1) is 18.0. The van der Waals surface area contributed by atoms with Gasteiger partial charge in [-0.2, -0.15) is 0 Å². The Labute approximate surface area is 140 Å². The fraction of sp³-hybridized carbons (Fsp3) is 0.632. The van der Waals surface area contributed by atoms with E-state index in [9.17, 15) is 4.79 Å². The molecular weight excluding hydrogens is 286 g/mol. The average molecular weight is 317 g/mol. The van der Waals surface area contributed by atoms with Crippen molar-refractivity contribution in [3.05, 3.63) is 35.4 Å². The van der Waals surface area contributed by atoms with Gasteiger partial charge in [0.15, 0.2) is 0 Å². The second-order valence-electron chi connectivity index (χ2n) is 7.00. The van der Waals surface area contributed by atoms with E-state index in [1.54, 1.807) is 0 Å². The van der Waals surface area contributed by atoms with Gasteiger partial charge in [-0.3, -0.25) is 9.69 Å². The van der Waals surface area contributed by atoms with Crippen LogP contribution in [0.15, 0.2) is 24.3 Å². The zero-order valence-corrected chi connectivity index (χ0v) is 14.6. The van der Waals surface area contributed by atoms with Gasteiger partial charge in [0.1, 0.15) is 0 Å². The molecule has 1 saturated heterocycles. The van der Waals surface area contributed by atoms with Crippen LogP contribution >= 0.6 is 0 Å². The van der Waals surface area contributed by atoms with Crippen molar-refractivity contribution in [1.29, 1.82) is 0 Å². The van der Waals surface area contributed by atoms with Gasteiger partial charge >= 0.3 is 0 Å². The zero-order valence-electron chi connectivity index (χ0n) is 14.6. The topological polar surface area (TPSA) is 58.4 Å². The SMILES string of the molecule is CC(C)[C@H](N)C(=O)NCc1cccc(CN2CCCCCC2)c1. The molecule has 0 aliphatic carbocycles. The quantitative estimate of drug-likeness (QED) is 0.848. The predicted molar refractivity (Wildman–Crippen MR) is 94.8 cm³/mol. The molecule has 1 amide bonds. The summed E-state index contributed by atoms with van der Waals surface area (Å²) in [5, 5.41) is 2.94. The van der Waals surface area contributed by atoms with E-state index in [-0.39, 0.29) is 11.8 Å². The Bertz CT molecular complexity index is 493. The van der Waals surface area contributed by atoms with E-state index in [1.165, 1.54) is 44.3 Å². The summed E-state index contributed by atoms with van der Waals surface area (Å²) in [4.78, 5) is 14.5. The van der Waals surface area contributed by atoms with E-state index in [0.29, 0.717) is 6.54 Å². The molecule has 23 heavy (non-hydrogen) atoms. The third kappa shape index (κ3) is 5.96. The maximum Gasteiger partial charge on any atom is 0.237 e. The van der Waals surface area contributed by atoms with Crippen LogP contribution in [0, 0.1) is 5.92 Å². The third-order valence-corrected chi connectivity index (χ3v) is 4.58. The standard InChI is InChI=1S/C19H31N3O/c1-15(2)18(20)19(23)21-13-16-8-7-9-17(12-16)14-22-10-5-3-4-6-11-22/h7-9,12,15,18H,3-6,10-11,13-14,20H2,1-2H3,(H,21,23)/t18-/m0/s1. The Morgan fingerprint density at radius 2 is 1.83 bits per heavy atom. The molecule has 1 aromatic rings. The van der Waals surface area contributed by atoms with Crippen LogP contribution in [0.5, 0.6) is 0 Å². The fourth-order valence-electron chi connectivity index (χ4n) is 3.00. The summed E-state index contributed by atoms with van der Waals surface area (Å²) in [5.74, 6) is 0.0855. The van der Waals surface area contributed by atoms with Crippen molar-refractivity contribution >= 4 is 5.91 Å². The summed E-state index contributed by atoms with van der Waals surface area (Å²) in [6.45, 7) is 7.88. The number of hydrogen-bond donors (Lipinski definition) is 2. The molecule has 0 unspecified atom stereocenters. The lowest BCUT2D eigenvalue weighted by Crippen LogP contribution is -2.43. The lowest BCUT2D eigenvalue weighted by molar-refractivity contribution is -0.123. The van der Waals surface area contributed by atoms with Crippen molar-refractivity contribution in [1.82, 2.24) is 10.2 Å². The maximum atomic E-state index is 12.0. The van der Waals surface area contributed by atoms with Gasteiger partial charge in [-0.25, -0.2) is 0 Å². The lowest BCUT2D eigenvalue weighted by atomic mass is 10.0. The van der Waals surface area contributed by atoms with E-state index in [4.69, 9.17) is 5.73 Å². The van der Waals surface area contributed by atoms with Gasteiger partial charge in [-0.15, -0.1) is 0 Å². The molecule has 0 radical (unpaired) electrons. The van der Waals surface area contributed by atoms with Crippen molar-refractivity contribution in [2.45, 2.75) is 58.7 Å². The van der Waals surface area contributed by atoms with Crippen LogP contribution < -0.4 is 11.1 Å². The van der Waals surface area contributed by atoms with Crippen molar-refractivity contribution in [3.8, 4) is 0 Å². The number of rotatable bonds is 6. The number of carbonyl (C=O) groups is 1. The van der Waals surface area contributed by atoms with Crippen LogP contribution in [0.25, 0.3) is 0 Å². The second kappa shape index (κ2) is 9.04. The lowest BCUT2D eigenvalue weighted by Gasteiger charge is -2.20. The molecule has 0 aromatic heterocycles. The molecular formula is C19H31N3O. The van der Waals surface area contributed by atoms with E-state index in [2.05, 4.69) is 34.5 Å². The molecule has 1 fully saturated rings. The van der Waals surface area contributed by atoms with Gasteiger partial charge < -0.3 is 11.1 Å². The van der Waals surface area contributed by atoms with Gasteiger partial charge in [0, 0.05) is 13.1 Å². The van der Waals surface area contributed by atoms with E-state index in [0.717, 1.165) is 12.1 Å². The summed E-state index contributed by atoms with van der Waals surface area (Å²) in [6, 6.07) is 8.09. The zero-order chi connectivity index (χ0) is 16.7. The molecule has 128 valence electrons. The van der Waals surface area contributed by atoms with E-state index < -0.39 is 6.04 Å². The Morgan fingerprint density at radius 3 is 2.48 bits per heavy atom. The molecule has 3 N–H and O–H groups in total. The largest absolute Gasteiger partial charge is 0.351 e. The Morgan fingerprint density at radius 1 is 1.17 bits per heavy atom. The highest BCUT2D eigenvalue weighted by Crippen LogP contribution is 2.14. The number of nitrogens with zero attached hydrogens (tertiary/aromatic N) is 1. The smallest absolute Gasteiger partial charge is 0.237 e. The van der Waals surface area contributed by atoms with Crippen LogP contribution in [0.4, 0.5) is 0 Å². The number of hydrogen-bond acceptors (Lipinski definition) is 3. The highest BCUT2D eigenvalue weighted by Gasteiger charge is 2.16. The third-order valence-electron chi connectivity index (χ3n) is 4.58. The molecule has 0 saturated carbocycles. The molecule has 1 aromatic carbocycles. The summed E-state index contributed by atoms with van der Waals surface area (Å²) in [7, 11) is 0. The summed E-state index contributed by atoms with van der Waals surface area (Å²) >= 11 is 0. The summed E-state index contributed by atoms with van der Waals surface area (Å²) in [5.41, 5.74) is 8.34. The molecule has 1 heterocycles. The highest BCUT2D eigenvalue weighted by atomic mass is 16.2. The van der Waals surface area contributed by atoms with E-state index >= 15 is 0 Å². The molecule has 4 nitrogen and oxygen atoms in total. The molecule has 0 bridgehead atoms. The predicted octanol–water partition coefficient (Wildman–Crippen LogP) is 2.66. The van der Waals surface area contributed by atoms with Crippen LogP contribution in [-0.4, -0.2) is 29.9 Å². The number of amides is 1. The molecule has 1 aliphatic heterocycles. The van der Waals surface area contributed by atoms with Gasteiger partial charge in [0.25, 0.3) is 0 Å². The van der Waals surface area contributed by atoms with E-state index in [1.807, 2.05) is 13.8 Å². The average Bonchev–Trinajstić information content (AvgIpc) is 2.81. The molecule has 1 atom stereocenters. The number of likely N-dealkylation sites (tertiary alicyclic amines) is 1. The van der Waals surface area contributed by atoms with Crippen LogP contribution in [0.1, 0.15) is 50.7 Å². The van der Waals surface area contributed by atoms with Crippen molar-refractivity contribution < 1.29 is 4.79 Å². The molecule has 0 spiro atoms. The number of nitrogens with one attached hydrogen (secondary N) is 1. The van der Waals surface area contributed by atoms with Crippen LogP contribution in [-0.2, 0) is 17.9 Å². The Hall–Kier alpha value is -1.39. The number of carbonyl (C=O) groups excluding carboxylic acids is 1. The monoisotopic (exact) mass is 317 g/mol. The van der Waals surface area contributed by atoms with Crippen molar-refractivity contribution in [3.63, 3.8) is 0 Å². The summed E-state index contributed by atoms with van der Waals surface area (Å²) < 4.78 is 0. The minimum atomic E-state index is -0.435. The minimum absolute atomic E-state index is 0.0714. The number of benzene rings is 1. The fourth-order valence-corrected chi connectivity index (χ4v) is 3.00. The van der Waals surface area contributed by atoms with Crippen molar-refractivity contribution in [2.24, 2.45) is 11.7 Å². The van der Waals surface area contributed by atoms with Gasteiger partial charge in [-0.05, 0) is 43.0 Å². The summed E-state index contributed by atoms with van der Waals surface area (Å²) in [6.07, 6.45) is 5.34. The first-order chi connectivity index (χ1) is 11.1. The van der Waals surface area contributed by atoms with Crippen LogP contribution in [0.3, 0.4) is 0 Å². The number of nitrogens with two attached hydrogens (primary N) is 1. The second-order valence-corrected chi connectivity index (χ2v) is 7.00. The molecule has 1 aliphatic rings. The minimum Gasteiger partial charge on any atom is -0.351 e. The van der Waals surface area contributed by atoms with Gasteiger partial charge in [0.2, 0.25) is 5.91 Å². The first-order valence-corrected chi connectivity index (χ1v) is 8.89.